The van der Waals surface area contributed by atoms with Crippen LogP contribution >= 0.6 is 0 Å². The Morgan fingerprint density at radius 3 is 2.84 bits per heavy atom. The summed E-state index contributed by atoms with van der Waals surface area (Å²) in [6.45, 7) is 6.35. The molecule has 3 rings (SSSR count). The lowest BCUT2D eigenvalue weighted by Gasteiger charge is -2.26. The van der Waals surface area contributed by atoms with E-state index >= 15 is 0 Å². The van der Waals surface area contributed by atoms with Gasteiger partial charge in [0, 0.05) is 12.5 Å². The molecular formula is C12H17N7. The van der Waals surface area contributed by atoms with E-state index in [4.69, 9.17) is 5.73 Å². The summed E-state index contributed by atoms with van der Waals surface area (Å²) in [5, 5.41) is 8.42. The highest BCUT2D eigenvalue weighted by Crippen LogP contribution is 2.21. The highest BCUT2D eigenvalue weighted by molar-refractivity contribution is 5.84. The van der Waals surface area contributed by atoms with Gasteiger partial charge in [0.15, 0.2) is 11.3 Å². The predicted octanol–water partition coefficient (Wildman–Crippen LogP) is 0.917. The van der Waals surface area contributed by atoms with Crippen molar-refractivity contribution in [2.45, 2.75) is 33.2 Å². The van der Waals surface area contributed by atoms with Crippen LogP contribution in [0.5, 0.6) is 0 Å². The highest BCUT2D eigenvalue weighted by Gasteiger charge is 2.23. The Bertz CT molecular complexity index is 718. The molecule has 0 radical (unpaired) electrons. The van der Waals surface area contributed by atoms with E-state index in [0.717, 1.165) is 17.0 Å². The van der Waals surface area contributed by atoms with E-state index in [-0.39, 0.29) is 11.5 Å². The number of hydrogen-bond acceptors (Lipinski definition) is 5. The van der Waals surface area contributed by atoms with Crippen molar-refractivity contribution in [3.8, 4) is 0 Å². The molecule has 0 aliphatic rings. The van der Waals surface area contributed by atoms with Crippen LogP contribution in [-0.2, 0) is 6.42 Å². The average Bonchev–Trinajstić information content (AvgIpc) is 2.93. The van der Waals surface area contributed by atoms with Crippen molar-refractivity contribution in [3.05, 3.63) is 18.5 Å². The Hall–Kier alpha value is -2.02. The summed E-state index contributed by atoms with van der Waals surface area (Å²) in [6, 6.07) is 0.0114. The Morgan fingerprint density at radius 1 is 1.32 bits per heavy atom. The van der Waals surface area contributed by atoms with Gasteiger partial charge in [0.2, 0.25) is 0 Å². The summed E-state index contributed by atoms with van der Waals surface area (Å²) in [5.41, 5.74) is 8.41. The van der Waals surface area contributed by atoms with Crippen LogP contribution < -0.4 is 5.73 Å². The monoisotopic (exact) mass is 259 g/mol. The maximum Gasteiger partial charge on any atom is 0.189 e. The summed E-state index contributed by atoms with van der Waals surface area (Å²) in [4.78, 5) is 11.4. The molecule has 0 saturated carbocycles. The lowest BCUT2D eigenvalue weighted by Crippen LogP contribution is -2.37. The number of aromatic nitrogens is 6. The third kappa shape index (κ3) is 1.95. The second-order valence-electron chi connectivity index (χ2n) is 5.83. The van der Waals surface area contributed by atoms with Crippen molar-refractivity contribution in [1.82, 2.24) is 29.5 Å². The Labute approximate surface area is 110 Å². The van der Waals surface area contributed by atoms with Gasteiger partial charge >= 0.3 is 0 Å². The molecule has 7 nitrogen and oxygen atoms in total. The molecule has 1 atom stereocenters. The fraction of sp³-hybridized carbons (Fsp3) is 0.500. The highest BCUT2D eigenvalue weighted by atomic mass is 15.3. The van der Waals surface area contributed by atoms with Gasteiger partial charge in [-0.25, -0.2) is 9.97 Å². The molecule has 3 N–H and O–H groups in total. The lowest BCUT2D eigenvalue weighted by atomic mass is 9.85. The van der Waals surface area contributed by atoms with Gasteiger partial charge in [-0.3, -0.25) is 4.40 Å². The second kappa shape index (κ2) is 3.99. The molecule has 3 heterocycles. The minimum atomic E-state index is 0.0114. The summed E-state index contributed by atoms with van der Waals surface area (Å²) in [5.74, 6) is 0.821. The van der Waals surface area contributed by atoms with Gasteiger partial charge in [0.1, 0.15) is 17.7 Å². The Kier molecular flexibility index (Phi) is 2.53. The summed E-state index contributed by atoms with van der Waals surface area (Å²) in [7, 11) is 0. The molecule has 19 heavy (non-hydrogen) atoms. The second-order valence-corrected chi connectivity index (χ2v) is 5.83. The fourth-order valence-electron chi connectivity index (χ4n) is 1.92. The molecule has 0 amide bonds. The first-order valence-electron chi connectivity index (χ1n) is 6.24. The van der Waals surface area contributed by atoms with E-state index < -0.39 is 0 Å². The molecule has 7 heteroatoms. The van der Waals surface area contributed by atoms with E-state index in [2.05, 4.69) is 45.9 Å². The number of imidazole rings is 1. The molecule has 100 valence electrons. The number of fused-ring (bicyclic) bond motifs is 3. The number of nitrogens with zero attached hydrogens (tertiary/aromatic N) is 5. The zero-order chi connectivity index (χ0) is 13.6. The number of hydrogen-bond donors (Lipinski definition) is 2. The number of H-pyrrole nitrogens is 1. The van der Waals surface area contributed by atoms with Crippen molar-refractivity contribution in [2.24, 2.45) is 11.1 Å². The number of nitrogens with two attached hydrogens (primary N) is 1. The Morgan fingerprint density at radius 2 is 2.11 bits per heavy atom. The van der Waals surface area contributed by atoms with Crippen LogP contribution in [0.15, 0.2) is 12.7 Å². The topological polar surface area (TPSA) is 97.8 Å². The van der Waals surface area contributed by atoms with E-state index in [1.54, 1.807) is 12.7 Å². The van der Waals surface area contributed by atoms with Gasteiger partial charge < -0.3 is 10.7 Å². The van der Waals surface area contributed by atoms with E-state index in [0.29, 0.717) is 12.1 Å². The van der Waals surface area contributed by atoms with Crippen LogP contribution in [0, 0.1) is 5.41 Å². The first-order valence-corrected chi connectivity index (χ1v) is 6.24. The van der Waals surface area contributed by atoms with Crippen LogP contribution in [0.2, 0.25) is 0 Å². The minimum Gasteiger partial charge on any atom is -0.340 e. The number of aromatic amines is 1. The smallest absolute Gasteiger partial charge is 0.189 e. The van der Waals surface area contributed by atoms with Crippen LogP contribution in [0.3, 0.4) is 0 Å². The van der Waals surface area contributed by atoms with E-state index in [1.165, 1.54) is 0 Å². The number of nitrogens with one attached hydrogen (secondary N) is 1. The van der Waals surface area contributed by atoms with E-state index in [9.17, 15) is 0 Å². The van der Waals surface area contributed by atoms with Gasteiger partial charge in [-0.15, -0.1) is 10.2 Å². The number of rotatable bonds is 2. The van der Waals surface area contributed by atoms with Crippen LogP contribution in [0.25, 0.3) is 16.8 Å². The van der Waals surface area contributed by atoms with Crippen molar-refractivity contribution < 1.29 is 0 Å². The van der Waals surface area contributed by atoms with Crippen molar-refractivity contribution in [3.63, 3.8) is 0 Å². The van der Waals surface area contributed by atoms with Crippen LogP contribution in [0.1, 0.15) is 26.6 Å². The SMILES string of the molecule is CC(C)(C)C(N)Cc1nnc2c3[nH]cnc3ncn12. The molecule has 0 fully saturated rings. The summed E-state index contributed by atoms with van der Waals surface area (Å²) < 4.78 is 1.87. The molecule has 3 aromatic rings. The normalized spacial score (nSPS) is 14.3. The summed E-state index contributed by atoms with van der Waals surface area (Å²) >= 11 is 0. The van der Waals surface area contributed by atoms with Crippen molar-refractivity contribution >= 4 is 16.8 Å². The molecule has 0 aliphatic heterocycles. The molecule has 1 unspecified atom stereocenters. The lowest BCUT2D eigenvalue weighted by molar-refractivity contribution is 0.314. The third-order valence-electron chi connectivity index (χ3n) is 3.42. The predicted molar refractivity (Wildman–Crippen MR) is 71.6 cm³/mol. The fourth-order valence-corrected chi connectivity index (χ4v) is 1.92. The van der Waals surface area contributed by atoms with Gasteiger partial charge in [-0.2, -0.15) is 0 Å². The first-order chi connectivity index (χ1) is 8.97. The molecule has 0 saturated heterocycles. The maximum atomic E-state index is 6.20. The molecule has 3 aromatic heterocycles. The maximum absolute atomic E-state index is 6.20. The van der Waals surface area contributed by atoms with Crippen LogP contribution in [-0.4, -0.2) is 35.6 Å². The summed E-state index contributed by atoms with van der Waals surface area (Å²) in [6.07, 6.45) is 3.96. The van der Waals surface area contributed by atoms with Crippen molar-refractivity contribution in [1.29, 1.82) is 0 Å². The van der Waals surface area contributed by atoms with Crippen LogP contribution in [0.4, 0.5) is 0 Å². The quantitative estimate of drug-likeness (QED) is 0.713. The molecule has 0 spiro atoms. The van der Waals surface area contributed by atoms with Gasteiger partial charge in [-0.05, 0) is 5.41 Å². The van der Waals surface area contributed by atoms with Crippen molar-refractivity contribution in [2.75, 3.05) is 0 Å². The van der Waals surface area contributed by atoms with Gasteiger partial charge in [0.05, 0.1) is 6.33 Å². The zero-order valence-corrected chi connectivity index (χ0v) is 11.3. The molecule has 0 aromatic carbocycles. The molecule has 0 bridgehead atoms. The molecule has 0 aliphatic carbocycles. The zero-order valence-electron chi connectivity index (χ0n) is 11.3. The van der Waals surface area contributed by atoms with E-state index in [1.807, 2.05) is 4.40 Å². The minimum absolute atomic E-state index is 0.0114. The average molecular weight is 259 g/mol. The largest absolute Gasteiger partial charge is 0.340 e. The first kappa shape index (κ1) is 12.0. The Balaban J connectivity index is 2.06. The third-order valence-corrected chi connectivity index (χ3v) is 3.42. The molecular weight excluding hydrogens is 242 g/mol. The van der Waals surface area contributed by atoms with Gasteiger partial charge in [0.25, 0.3) is 0 Å². The van der Waals surface area contributed by atoms with Gasteiger partial charge in [-0.1, -0.05) is 20.8 Å². The standard InChI is InChI=1S/C12H17N7/c1-12(2,3)7(13)4-8-17-18-11-9-10(15-5-14-9)16-6-19(8)11/h5-7H,4,13H2,1-3H3,(H,14,15).